The Balaban J connectivity index is 1.17. The molecule has 1 aliphatic heterocycles. The third-order valence-electron chi connectivity index (χ3n) is 7.71. The maximum Gasteiger partial charge on any atom is 0.164 e. The Hall–Kier alpha value is -3.28. The van der Waals surface area contributed by atoms with Crippen LogP contribution in [0.25, 0.3) is 21.9 Å². The van der Waals surface area contributed by atoms with Crippen molar-refractivity contribution in [2.75, 3.05) is 12.4 Å². The van der Waals surface area contributed by atoms with Crippen LogP contribution in [0.15, 0.2) is 71.6 Å². The number of ether oxygens (including phenoxy) is 2. The van der Waals surface area contributed by atoms with Crippen LogP contribution in [0, 0.1) is 0 Å². The van der Waals surface area contributed by atoms with Crippen molar-refractivity contribution < 1.29 is 19.7 Å². The molecular weight excluding hydrogens is 610 g/mol. The van der Waals surface area contributed by atoms with Gasteiger partial charge in [-0.05, 0) is 77.2 Å². The average molecular weight is 639 g/mol. The number of methoxy groups -OCH3 is 1. The highest BCUT2D eigenvalue weighted by Crippen LogP contribution is 2.40. The zero-order chi connectivity index (χ0) is 28.7. The largest absolute Gasteiger partial charge is 0.497 e. The van der Waals surface area contributed by atoms with E-state index < -0.39 is 24.0 Å². The van der Waals surface area contributed by atoms with Gasteiger partial charge in [0, 0.05) is 18.1 Å². The Kier molecular flexibility index (Phi) is 7.60. The van der Waals surface area contributed by atoms with Crippen LogP contribution in [0.1, 0.15) is 30.7 Å². The molecule has 0 bridgehead atoms. The second kappa shape index (κ2) is 11.2. The van der Waals surface area contributed by atoms with Gasteiger partial charge in [0.2, 0.25) is 0 Å². The minimum absolute atomic E-state index is 0.320. The number of pyridine rings is 1. The van der Waals surface area contributed by atoms with Gasteiger partial charge in [0.05, 0.1) is 28.6 Å². The molecule has 2 aromatic carbocycles. The minimum Gasteiger partial charge on any atom is -0.497 e. The second-order valence-electron chi connectivity index (χ2n) is 10.4. The standard InChI is InChI=1S/C30H29BrClN5O4/c1-30(39)24(41-29(25(30)38)37-12-11-21-26(32)34-16-35-28(21)37)10-6-17-3-7-19-14-22(31)27(36-23(19)13-17)33-15-18-4-8-20(40-2)9-5-18/h3-5,7-9,11-14,16,24-25,29,38-39H,6,10,15H2,1-2H3,(H,33,36)/t24-,25+,29-,30-/m1/s1. The first-order valence-electron chi connectivity index (χ1n) is 13.2. The number of anilines is 1. The van der Waals surface area contributed by atoms with Crippen LogP contribution in [0.4, 0.5) is 5.82 Å². The average Bonchev–Trinajstić information content (AvgIpc) is 3.50. The van der Waals surface area contributed by atoms with Crippen molar-refractivity contribution in [2.45, 2.75) is 50.3 Å². The lowest BCUT2D eigenvalue weighted by Crippen LogP contribution is -2.44. The number of benzene rings is 2. The van der Waals surface area contributed by atoms with Crippen molar-refractivity contribution in [2.24, 2.45) is 0 Å². The number of hydrogen-bond donors (Lipinski definition) is 3. The van der Waals surface area contributed by atoms with Gasteiger partial charge in [-0.25, -0.2) is 15.0 Å². The van der Waals surface area contributed by atoms with Gasteiger partial charge in [-0.1, -0.05) is 35.9 Å². The number of nitrogens with one attached hydrogen (secondary N) is 1. The van der Waals surface area contributed by atoms with E-state index in [9.17, 15) is 10.2 Å². The van der Waals surface area contributed by atoms with Crippen LogP contribution in [0.2, 0.25) is 5.15 Å². The molecule has 4 heterocycles. The van der Waals surface area contributed by atoms with E-state index in [0.717, 1.165) is 38.1 Å². The molecule has 3 N–H and O–H groups in total. The van der Waals surface area contributed by atoms with Gasteiger partial charge in [-0.3, -0.25) is 0 Å². The molecule has 9 nitrogen and oxygen atoms in total. The third-order valence-corrected chi connectivity index (χ3v) is 8.61. The molecule has 0 spiro atoms. The highest BCUT2D eigenvalue weighted by atomic mass is 79.9. The fourth-order valence-corrected chi connectivity index (χ4v) is 5.94. The molecule has 212 valence electrons. The summed E-state index contributed by atoms with van der Waals surface area (Å²) < 4.78 is 14.0. The van der Waals surface area contributed by atoms with E-state index in [1.165, 1.54) is 6.33 Å². The maximum absolute atomic E-state index is 11.2. The normalized spacial score (nSPS) is 22.4. The lowest BCUT2D eigenvalue weighted by molar-refractivity contribution is -0.0652. The molecule has 0 saturated carbocycles. The van der Waals surface area contributed by atoms with Gasteiger partial charge in [-0.15, -0.1) is 0 Å². The molecule has 1 saturated heterocycles. The summed E-state index contributed by atoms with van der Waals surface area (Å²) in [6.07, 6.45) is 1.66. The summed E-state index contributed by atoms with van der Waals surface area (Å²) in [5.41, 5.74) is 2.10. The van der Waals surface area contributed by atoms with Crippen LogP contribution in [-0.2, 0) is 17.7 Å². The Morgan fingerprint density at radius 2 is 1.90 bits per heavy atom. The molecule has 41 heavy (non-hydrogen) atoms. The van der Waals surface area contributed by atoms with E-state index in [1.54, 1.807) is 30.9 Å². The van der Waals surface area contributed by atoms with Gasteiger partial charge >= 0.3 is 0 Å². The number of aryl methyl sites for hydroxylation is 1. The summed E-state index contributed by atoms with van der Waals surface area (Å²) in [7, 11) is 1.65. The summed E-state index contributed by atoms with van der Waals surface area (Å²) in [6, 6.07) is 17.9. The van der Waals surface area contributed by atoms with Gasteiger partial charge < -0.3 is 29.6 Å². The van der Waals surface area contributed by atoms with Gasteiger partial charge in [-0.2, -0.15) is 0 Å². The number of rotatable bonds is 8. The zero-order valence-electron chi connectivity index (χ0n) is 22.5. The van der Waals surface area contributed by atoms with Gasteiger partial charge in [0.25, 0.3) is 0 Å². The molecule has 3 aromatic heterocycles. The van der Waals surface area contributed by atoms with Crippen molar-refractivity contribution in [3.63, 3.8) is 0 Å². The monoisotopic (exact) mass is 637 g/mol. The number of aromatic nitrogens is 4. The number of aliphatic hydroxyl groups is 2. The van der Waals surface area contributed by atoms with Crippen LogP contribution < -0.4 is 10.1 Å². The summed E-state index contributed by atoms with van der Waals surface area (Å²) in [6.45, 7) is 2.23. The molecule has 1 fully saturated rings. The molecule has 0 amide bonds. The Morgan fingerprint density at radius 1 is 1.12 bits per heavy atom. The number of hydrogen-bond acceptors (Lipinski definition) is 8. The minimum atomic E-state index is -1.46. The summed E-state index contributed by atoms with van der Waals surface area (Å²) in [4.78, 5) is 13.2. The Labute approximate surface area is 250 Å². The van der Waals surface area contributed by atoms with E-state index in [2.05, 4.69) is 43.3 Å². The molecule has 0 aliphatic carbocycles. The van der Waals surface area contributed by atoms with Crippen molar-refractivity contribution >= 4 is 55.3 Å². The summed E-state index contributed by atoms with van der Waals surface area (Å²) in [5, 5.41) is 27.7. The van der Waals surface area contributed by atoms with E-state index >= 15 is 0 Å². The first-order chi connectivity index (χ1) is 19.7. The van der Waals surface area contributed by atoms with Crippen molar-refractivity contribution in [1.82, 2.24) is 19.5 Å². The predicted molar refractivity (Wildman–Crippen MR) is 161 cm³/mol. The first kappa shape index (κ1) is 27.9. The van der Waals surface area contributed by atoms with Crippen LogP contribution in [-0.4, -0.2) is 54.7 Å². The van der Waals surface area contributed by atoms with Gasteiger partial charge in [0.1, 0.15) is 40.4 Å². The molecule has 6 rings (SSSR count). The fraction of sp³-hybridized carbons (Fsp3) is 0.300. The number of fused-ring (bicyclic) bond motifs is 2. The lowest BCUT2D eigenvalue weighted by atomic mass is 9.90. The van der Waals surface area contributed by atoms with E-state index in [4.69, 9.17) is 26.1 Å². The predicted octanol–water partition coefficient (Wildman–Crippen LogP) is 5.66. The quantitative estimate of drug-likeness (QED) is 0.187. The van der Waals surface area contributed by atoms with Crippen LogP contribution >= 0.6 is 27.5 Å². The number of aliphatic hydroxyl groups excluding tert-OH is 1. The van der Waals surface area contributed by atoms with Crippen molar-refractivity contribution in [1.29, 1.82) is 0 Å². The molecule has 5 aromatic rings. The summed E-state index contributed by atoms with van der Waals surface area (Å²) in [5.74, 6) is 1.57. The van der Waals surface area contributed by atoms with Crippen molar-refractivity contribution in [3.8, 4) is 5.75 Å². The SMILES string of the molecule is COc1ccc(CNc2nc3cc(CC[C@H]4O[C@@H](n5ccc6c(Cl)ncnc65)[C@H](O)[C@]4(C)O)ccc3cc2Br)cc1. The van der Waals surface area contributed by atoms with Crippen LogP contribution in [0.3, 0.4) is 0 Å². The zero-order valence-corrected chi connectivity index (χ0v) is 24.8. The Morgan fingerprint density at radius 3 is 2.68 bits per heavy atom. The summed E-state index contributed by atoms with van der Waals surface area (Å²) >= 11 is 9.83. The van der Waals surface area contributed by atoms with Gasteiger partial charge in [0.15, 0.2) is 6.23 Å². The van der Waals surface area contributed by atoms with E-state index in [-0.39, 0.29) is 0 Å². The second-order valence-corrected chi connectivity index (χ2v) is 11.6. The fourth-order valence-electron chi connectivity index (χ4n) is 5.28. The highest BCUT2D eigenvalue weighted by Gasteiger charge is 2.52. The Bertz CT molecular complexity index is 1710. The molecule has 4 atom stereocenters. The smallest absolute Gasteiger partial charge is 0.164 e. The topological polar surface area (TPSA) is 115 Å². The van der Waals surface area contributed by atoms with Crippen molar-refractivity contribution in [3.05, 3.63) is 87.9 Å². The van der Waals surface area contributed by atoms with E-state index in [0.29, 0.717) is 35.6 Å². The number of halogens is 2. The third kappa shape index (κ3) is 5.38. The number of nitrogens with zero attached hydrogens (tertiary/aromatic N) is 4. The van der Waals surface area contributed by atoms with E-state index in [1.807, 2.05) is 36.4 Å². The molecule has 0 radical (unpaired) electrons. The molecular formula is C30H29BrClN5O4. The molecule has 1 aliphatic rings. The molecule has 11 heteroatoms. The molecule has 0 unspecified atom stereocenters. The highest BCUT2D eigenvalue weighted by molar-refractivity contribution is 9.10. The lowest BCUT2D eigenvalue weighted by Gasteiger charge is -2.26. The van der Waals surface area contributed by atoms with Crippen LogP contribution in [0.5, 0.6) is 5.75 Å². The first-order valence-corrected chi connectivity index (χ1v) is 14.4. The maximum atomic E-state index is 11.2.